The maximum absolute atomic E-state index is 13.2. The first-order valence-electron chi connectivity index (χ1n) is 10.1. The lowest BCUT2D eigenvalue weighted by atomic mass is 10.0. The maximum atomic E-state index is 13.2. The molecule has 0 fully saturated rings. The number of carbonyl (C=O) groups excluding carboxylic acids is 1. The highest BCUT2D eigenvalue weighted by molar-refractivity contribution is 7.91. The van der Waals surface area contributed by atoms with Crippen LogP contribution in [-0.2, 0) is 27.5 Å². The number of carbonyl (C=O) groups is 1. The van der Waals surface area contributed by atoms with Crippen molar-refractivity contribution in [3.05, 3.63) is 65.9 Å². The summed E-state index contributed by atoms with van der Waals surface area (Å²) >= 11 is 0. The van der Waals surface area contributed by atoms with Crippen LogP contribution in [0.3, 0.4) is 0 Å². The lowest BCUT2D eigenvalue weighted by Gasteiger charge is -2.29. The molecule has 2 aromatic carbocycles. The molecule has 4 rings (SSSR count). The van der Waals surface area contributed by atoms with E-state index in [1.54, 1.807) is 53.4 Å². The van der Waals surface area contributed by atoms with Crippen molar-refractivity contribution in [1.29, 1.82) is 0 Å². The summed E-state index contributed by atoms with van der Waals surface area (Å²) in [5.74, 6) is 0.757. The fourth-order valence-corrected chi connectivity index (χ4v) is 5.05. The third kappa shape index (κ3) is 3.97. The minimum atomic E-state index is -3.72. The molecule has 0 bridgehead atoms. The van der Waals surface area contributed by atoms with Gasteiger partial charge in [0.25, 0.3) is 0 Å². The van der Waals surface area contributed by atoms with Gasteiger partial charge in [-0.1, -0.05) is 30.9 Å². The van der Waals surface area contributed by atoms with Crippen molar-refractivity contribution in [1.82, 2.24) is 4.90 Å². The van der Waals surface area contributed by atoms with Crippen LogP contribution in [0.1, 0.15) is 37.7 Å². The predicted molar refractivity (Wildman–Crippen MR) is 119 cm³/mol. The molecule has 1 aromatic heterocycles. The molecule has 0 spiro atoms. The summed E-state index contributed by atoms with van der Waals surface area (Å²) in [6, 6.07) is 11.5. The number of sulfone groups is 1. The van der Waals surface area contributed by atoms with Gasteiger partial charge in [0.15, 0.2) is 0 Å². The van der Waals surface area contributed by atoms with Crippen LogP contribution in [0.25, 0.3) is 17.0 Å². The van der Waals surface area contributed by atoms with Gasteiger partial charge in [0.2, 0.25) is 9.84 Å². The lowest BCUT2D eigenvalue weighted by Crippen LogP contribution is -2.39. The molecule has 0 radical (unpaired) electrons. The number of nitrogens with zero attached hydrogens (tertiary/aromatic N) is 1. The SMILES string of the molecule is C=Cc1cc(S(=O)(=O)c2ccccc2)cc2c3c(oc12)CCN(C(=O)OC(C)(C)C)C3. The summed E-state index contributed by atoms with van der Waals surface area (Å²) in [6.45, 7) is 10.1. The molecule has 162 valence electrons. The molecule has 0 N–H and O–H groups in total. The molecule has 0 saturated heterocycles. The van der Waals surface area contributed by atoms with Gasteiger partial charge in [0, 0.05) is 29.5 Å². The number of hydrogen-bond donors (Lipinski definition) is 0. The number of fused-ring (bicyclic) bond motifs is 3. The Morgan fingerprint density at radius 2 is 1.87 bits per heavy atom. The van der Waals surface area contributed by atoms with Crippen molar-refractivity contribution in [2.45, 2.75) is 49.1 Å². The van der Waals surface area contributed by atoms with E-state index in [0.29, 0.717) is 36.0 Å². The number of benzene rings is 2. The predicted octanol–water partition coefficient (Wildman–Crippen LogP) is 5.20. The zero-order chi connectivity index (χ0) is 22.4. The molecule has 1 aliphatic heterocycles. The third-order valence-corrected chi connectivity index (χ3v) is 6.92. The number of hydrogen-bond acceptors (Lipinski definition) is 5. The van der Waals surface area contributed by atoms with E-state index in [0.717, 1.165) is 11.3 Å². The number of amides is 1. The summed E-state index contributed by atoms with van der Waals surface area (Å²) in [5.41, 5.74) is 1.39. The van der Waals surface area contributed by atoms with Crippen molar-refractivity contribution < 1.29 is 22.4 Å². The van der Waals surface area contributed by atoms with Crippen LogP contribution in [0.2, 0.25) is 0 Å². The van der Waals surface area contributed by atoms with Gasteiger partial charge in [-0.2, -0.15) is 0 Å². The van der Waals surface area contributed by atoms with E-state index in [4.69, 9.17) is 9.15 Å². The quantitative estimate of drug-likeness (QED) is 0.560. The van der Waals surface area contributed by atoms with Crippen LogP contribution < -0.4 is 0 Å². The van der Waals surface area contributed by atoms with Gasteiger partial charge in [-0.15, -0.1) is 0 Å². The van der Waals surface area contributed by atoms with E-state index >= 15 is 0 Å². The van der Waals surface area contributed by atoms with Crippen LogP contribution in [-0.4, -0.2) is 31.6 Å². The highest BCUT2D eigenvalue weighted by Crippen LogP contribution is 2.36. The Bertz CT molecular complexity index is 1270. The molecule has 2 heterocycles. The van der Waals surface area contributed by atoms with Crippen LogP contribution in [0.15, 0.2) is 63.3 Å². The molecule has 0 unspecified atom stereocenters. The van der Waals surface area contributed by atoms with E-state index < -0.39 is 21.5 Å². The molecular weight excluding hydrogens is 414 g/mol. The van der Waals surface area contributed by atoms with E-state index in [2.05, 4.69) is 6.58 Å². The first kappa shape index (κ1) is 21.2. The highest BCUT2D eigenvalue weighted by atomic mass is 32.2. The maximum Gasteiger partial charge on any atom is 0.410 e. The van der Waals surface area contributed by atoms with Crippen molar-refractivity contribution in [2.75, 3.05) is 6.54 Å². The van der Waals surface area contributed by atoms with Crippen LogP contribution in [0.5, 0.6) is 0 Å². The molecule has 6 nitrogen and oxygen atoms in total. The second-order valence-corrected chi connectivity index (χ2v) is 10.5. The van der Waals surface area contributed by atoms with Crippen LogP contribution in [0.4, 0.5) is 4.79 Å². The minimum absolute atomic E-state index is 0.166. The first-order valence-corrected chi connectivity index (χ1v) is 11.6. The zero-order valence-corrected chi connectivity index (χ0v) is 18.7. The van der Waals surface area contributed by atoms with Gasteiger partial charge in [-0.05, 0) is 45.0 Å². The fraction of sp³-hybridized carbons (Fsp3) is 0.292. The van der Waals surface area contributed by atoms with Gasteiger partial charge in [-0.3, -0.25) is 0 Å². The smallest absolute Gasteiger partial charge is 0.410 e. The average molecular weight is 440 g/mol. The Morgan fingerprint density at radius 1 is 1.16 bits per heavy atom. The van der Waals surface area contributed by atoms with Gasteiger partial charge < -0.3 is 14.1 Å². The fourth-order valence-electron chi connectivity index (χ4n) is 3.70. The molecule has 1 aliphatic rings. The Labute approximate surface area is 182 Å². The second-order valence-electron chi connectivity index (χ2n) is 8.57. The molecule has 7 heteroatoms. The largest absolute Gasteiger partial charge is 0.460 e. The number of rotatable bonds is 3. The molecule has 0 atom stereocenters. The molecular formula is C24H25NO5S. The number of ether oxygens (including phenoxy) is 1. The Hall–Kier alpha value is -3.06. The standard InChI is InChI=1S/C24H25NO5S/c1-5-16-13-18(31(27,28)17-9-7-6-8-10-17)14-19-20-15-25(23(26)30-24(2,3)4)12-11-21(20)29-22(16)19/h5-10,13-14H,1,11-12,15H2,2-4H3. The monoisotopic (exact) mass is 439 g/mol. The van der Waals surface area contributed by atoms with Gasteiger partial charge in [0.1, 0.15) is 16.9 Å². The Morgan fingerprint density at radius 3 is 2.52 bits per heavy atom. The first-order chi connectivity index (χ1) is 14.6. The summed E-state index contributed by atoms with van der Waals surface area (Å²) in [4.78, 5) is 14.6. The van der Waals surface area contributed by atoms with Gasteiger partial charge >= 0.3 is 6.09 Å². The van der Waals surface area contributed by atoms with Crippen molar-refractivity contribution in [3.63, 3.8) is 0 Å². The Kier molecular flexibility index (Phi) is 5.17. The minimum Gasteiger partial charge on any atom is -0.460 e. The molecule has 31 heavy (non-hydrogen) atoms. The van der Waals surface area contributed by atoms with Crippen molar-refractivity contribution >= 4 is 33.0 Å². The summed E-state index contributed by atoms with van der Waals surface area (Å²) in [7, 11) is -3.72. The molecule has 0 aliphatic carbocycles. The van der Waals surface area contributed by atoms with Crippen molar-refractivity contribution in [2.24, 2.45) is 0 Å². The summed E-state index contributed by atoms with van der Waals surface area (Å²) in [5, 5.41) is 0.676. The van der Waals surface area contributed by atoms with E-state index in [9.17, 15) is 13.2 Å². The topological polar surface area (TPSA) is 76.8 Å². The normalized spacial score (nSPS) is 14.4. The average Bonchev–Trinajstić information content (AvgIpc) is 3.10. The third-order valence-electron chi connectivity index (χ3n) is 5.17. The molecule has 0 saturated carbocycles. The number of furan rings is 1. The Balaban J connectivity index is 1.80. The molecule has 3 aromatic rings. The molecule has 1 amide bonds. The van der Waals surface area contributed by atoms with E-state index in [-0.39, 0.29) is 9.79 Å². The van der Waals surface area contributed by atoms with E-state index in [1.807, 2.05) is 20.8 Å². The van der Waals surface area contributed by atoms with Crippen molar-refractivity contribution in [3.8, 4) is 0 Å². The van der Waals surface area contributed by atoms with Crippen LogP contribution in [0, 0.1) is 0 Å². The van der Waals surface area contributed by atoms with Crippen LogP contribution >= 0.6 is 0 Å². The summed E-state index contributed by atoms with van der Waals surface area (Å²) < 4.78 is 38.0. The summed E-state index contributed by atoms with van der Waals surface area (Å²) in [6.07, 6.45) is 1.72. The van der Waals surface area contributed by atoms with Gasteiger partial charge in [-0.25, -0.2) is 13.2 Å². The van der Waals surface area contributed by atoms with E-state index in [1.165, 1.54) is 0 Å². The lowest BCUT2D eigenvalue weighted by molar-refractivity contribution is 0.0220. The second kappa shape index (κ2) is 7.57. The van der Waals surface area contributed by atoms with Gasteiger partial charge in [0.05, 0.1) is 16.3 Å². The zero-order valence-electron chi connectivity index (χ0n) is 17.8. The highest BCUT2D eigenvalue weighted by Gasteiger charge is 2.30.